The van der Waals surface area contributed by atoms with Crippen LogP contribution in [0.3, 0.4) is 0 Å². The standard InChI is InChI=1S/C14H9ClN4O/c15-12-7-13(18-8-17-12)19-14(20)10-3-4-11-9(6-10)2-1-5-16-11/h1-8H,(H,17,18,19,20). The normalized spacial score (nSPS) is 10.4. The van der Waals surface area contributed by atoms with Gasteiger partial charge in [0.25, 0.3) is 5.91 Å². The number of carbonyl (C=O) groups excluding carboxylic acids is 1. The SMILES string of the molecule is O=C(Nc1cc(Cl)ncn1)c1ccc2ncccc2c1. The van der Waals surface area contributed by atoms with Crippen molar-refractivity contribution in [2.24, 2.45) is 0 Å². The highest BCUT2D eigenvalue weighted by Gasteiger charge is 2.08. The number of carbonyl (C=O) groups is 1. The zero-order valence-corrected chi connectivity index (χ0v) is 11.0. The highest BCUT2D eigenvalue weighted by Crippen LogP contribution is 2.15. The first kappa shape index (κ1) is 12.5. The van der Waals surface area contributed by atoms with Crippen LogP contribution in [0, 0.1) is 0 Å². The minimum atomic E-state index is -0.259. The molecular weight excluding hydrogens is 276 g/mol. The summed E-state index contributed by atoms with van der Waals surface area (Å²) in [4.78, 5) is 24.0. The number of pyridine rings is 1. The van der Waals surface area contributed by atoms with Gasteiger partial charge >= 0.3 is 0 Å². The number of nitrogens with one attached hydrogen (secondary N) is 1. The van der Waals surface area contributed by atoms with Gasteiger partial charge in [0.15, 0.2) is 0 Å². The average Bonchev–Trinajstić information content (AvgIpc) is 2.47. The van der Waals surface area contributed by atoms with E-state index in [1.165, 1.54) is 12.4 Å². The molecule has 6 heteroatoms. The first-order chi connectivity index (χ1) is 9.72. The van der Waals surface area contributed by atoms with Crippen molar-refractivity contribution < 1.29 is 4.79 Å². The number of aromatic nitrogens is 3. The van der Waals surface area contributed by atoms with Crippen LogP contribution in [0.5, 0.6) is 0 Å². The lowest BCUT2D eigenvalue weighted by Gasteiger charge is -2.05. The largest absolute Gasteiger partial charge is 0.306 e. The zero-order valence-electron chi connectivity index (χ0n) is 10.2. The quantitative estimate of drug-likeness (QED) is 0.735. The third-order valence-corrected chi connectivity index (χ3v) is 2.95. The van der Waals surface area contributed by atoms with E-state index in [4.69, 9.17) is 11.6 Å². The molecule has 0 aliphatic rings. The number of hydrogen-bond donors (Lipinski definition) is 1. The number of benzene rings is 1. The molecule has 98 valence electrons. The second-order valence-corrected chi connectivity index (χ2v) is 4.48. The molecule has 0 fully saturated rings. The highest BCUT2D eigenvalue weighted by atomic mass is 35.5. The summed E-state index contributed by atoms with van der Waals surface area (Å²) in [5, 5.41) is 3.85. The van der Waals surface area contributed by atoms with Crippen LogP contribution in [0.25, 0.3) is 10.9 Å². The lowest BCUT2D eigenvalue weighted by Crippen LogP contribution is -2.13. The van der Waals surface area contributed by atoms with E-state index in [0.29, 0.717) is 11.4 Å². The maximum absolute atomic E-state index is 12.1. The molecule has 0 spiro atoms. The molecule has 3 aromatic rings. The van der Waals surface area contributed by atoms with Gasteiger partial charge in [0.2, 0.25) is 0 Å². The van der Waals surface area contributed by atoms with Gasteiger partial charge < -0.3 is 5.32 Å². The molecule has 2 aromatic heterocycles. The van der Waals surface area contributed by atoms with E-state index in [2.05, 4.69) is 20.3 Å². The van der Waals surface area contributed by atoms with Crippen LogP contribution in [-0.4, -0.2) is 20.9 Å². The van der Waals surface area contributed by atoms with E-state index < -0.39 is 0 Å². The smallest absolute Gasteiger partial charge is 0.256 e. The summed E-state index contributed by atoms with van der Waals surface area (Å²) in [6.07, 6.45) is 3.01. The molecule has 0 saturated heterocycles. The van der Waals surface area contributed by atoms with Gasteiger partial charge in [0, 0.05) is 23.2 Å². The fourth-order valence-electron chi connectivity index (χ4n) is 1.81. The number of hydrogen-bond acceptors (Lipinski definition) is 4. The average molecular weight is 285 g/mol. The second-order valence-electron chi connectivity index (χ2n) is 4.09. The summed E-state index contributed by atoms with van der Waals surface area (Å²) >= 11 is 5.74. The lowest BCUT2D eigenvalue weighted by molar-refractivity contribution is 0.102. The molecule has 0 saturated carbocycles. The van der Waals surface area contributed by atoms with Crippen molar-refractivity contribution in [1.82, 2.24) is 15.0 Å². The molecule has 0 aliphatic heterocycles. The van der Waals surface area contributed by atoms with Crippen molar-refractivity contribution in [2.45, 2.75) is 0 Å². The Morgan fingerprint density at radius 2 is 2.00 bits per heavy atom. The molecule has 0 atom stereocenters. The summed E-state index contributed by atoms with van der Waals surface area (Å²) in [7, 11) is 0. The molecule has 2 heterocycles. The van der Waals surface area contributed by atoms with E-state index >= 15 is 0 Å². The van der Waals surface area contributed by atoms with E-state index in [1.807, 2.05) is 12.1 Å². The van der Waals surface area contributed by atoms with Crippen LogP contribution in [0.1, 0.15) is 10.4 Å². The molecule has 20 heavy (non-hydrogen) atoms. The Bertz CT molecular complexity index is 791. The van der Waals surface area contributed by atoms with Crippen LogP contribution < -0.4 is 5.32 Å². The molecule has 3 rings (SSSR count). The van der Waals surface area contributed by atoms with Gasteiger partial charge in [0.1, 0.15) is 17.3 Å². The number of rotatable bonds is 2. The van der Waals surface area contributed by atoms with Crippen LogP contribution in [0.4, 0.5) is 5.82 Å². The van der Waals surface area contributed by atoms with Gasteiger partial charge in [-0.1, -0.05) is 17.7 Å². The van der Waals surface area contributed by atoms with Gasteiger partial charge in [-0.15, -0.1) is 0 Å². The molecule has 0 radical (unpaired) electrons. The Morgan fingerprint density at radius 1 is 1.10 bits per heavy atom. The maximum Gasteiger partial charge on any atom is 0.256 e. The first-order valence-electron chi connectivity index (χ1n) is 5.86. The Kier molecular flexibility index (Phi) is 3.26. The van der Waals surface area contributed by atoms with E-state index in [0.717, 1.165) is 10.9 Å². The van der Waals surface area contributed by atoms with Gasteiger partial charge in [-0.25, -0.2) is 9.97 Å². The van der Waals surface area contributed by atoms with Gasteiger partial charge in [-0.2, -0.15) is 0 Å². The molecule has 1 amide bonds. The van der Waals surface area contributed by atoms with Crippen molar-refractivity contribution in [3.63, 3.8) is 0 Å². The summed E-state index contributed by atoms with van der Waals surface area (Å²) in [5.74, 6) is 0.104. The van der Waals surface area contributed by atoms with Crippen molar-refractivity contribution in [3.05, 3.63) is 59.6 Å². The fourth-order valence-corrected chi connectivity index (χ4v) is 1.95. The van der Waals surface area contributed by atoms with Crippen LogP contribution in [0.2, 0.25) is 5.15 Å². The highest BCUT2D eigenvalue weighted by molar-refractivity contribution is 6.29. The third kappa shape index (κ3) is 2.57. The Labute approximate surface area is 119 Å². The van der Waals surface area contributed by atoms with Crippen LogP contribution >= 0.6 is 11.6 Å². The van der Waals surface area contributed by atoms with Crippen LogP contribution in [0.15, 0.2) is 48.9 Å². The van der Waals surface area contributed by atoms with E-state index in [9.17, 15) is 4.79 Å². The first-order valence-corrected chi connectivity index (χ1v) is 6.24. The molecule has 5 nitrogen and oxygen atoms in total. The van der Waals surface area contributed by atoms with E-state index in [1.54, 1.807) is 24.4 Å². The molecule has 1 aromatic carbocycles. The molecule has 0 aliphatic carbocycles. The molecule has 0 bridgehead atoms. The van der Waals surface area contributed by atoms with Gasteiger partial charge in [-0.05, 0) is 24.3 Å². The summed E-state index contributed by atoms with van der Waals surface area (Å²) in [6.45, 7) is 0. The zero-order chi connectivity index (χ0) is 13.9. The summed E-state index contributed by atoms with van der Waals surface area (Å²) < 4.78 is 0. The number of amides is 1. The molecule has 0 unspecified atom stereocenters. The van der Waals surface area contributed by atoms with Gasteiger partial charge in [0.05, 0.1) is 5.52 Å². The lowest BCUT2D eigenvalue weighted by atomic mass is 10.1. The fraction of sp³-hybridized carbons (Fsp3) is 0. The maximum atomic E-state index is 12.1. The van der Waals surface area contributed by atoms with Gasteiger partial charge in [-0.3, -0.25) is 9.78 Å². The third-order valence-electron chi connectivity index (χ3n) is 2.74. The van der Waals surface area contributed by atoms with Crippen molar-refractivity contribution >= 4 is 34.2 Å². The van der Waals surface area contributed by atoms with Crippen molar-refractivity contribution in [3.8, 4) is 0 Å². The van der Waals surface area contributed by atoms with Crippen molar-refractivity contribution in [1.29, 1.82) is 0 Å². The molecule has 1 N–H and O–H groups in total. The second kappa shape index (κ2) is 5.22. The van der Waals surface area contributed by atoms with Crippen LogP contribution in [-0.2, 0) is 0 Å². The Morgan fingerprint density at radius 3 is 2.85 bits per heavy atom. The van der Waals surface area contributed by atoms with Crippen molar-refractivity contribution in [2.75, 3.05) is 5.32 Å². The number of nitrogens with zero attached hydrogens (tertiary/aromatic N) is 3. The Hall–Kier alpha value is -2.53. The number of anilines is 1. The summed E-state index contributed by atoms with van der Waals surface area (Å²) in [6, 6.07) is 10.5. The topological polar surface area (TPSA) is 67.8 Å². The minimum absolute atomic E-state index is 0.259. The number of halogens is 1. The Balaban J connectivity index is 1.88. The minimum Gasteiger partial charge on any atom is -0.306 e. The predicted octanol–water partition coefficient (Wildman–Crippen LogP) is 2.93. The monoisotopic (exact) mass is 284 g/mol. The summed E-state index contributed by atoms with van der Waals surface area (Å²) in [5.41, 5.74) is 1.37. The predicted molar refractivity (Wildman–Crippen MR) is 76.7 cm³/mol. The number of fused-ring (bicyclic) bond motifs is 1. The van der Waals surface area contributed by atoms with E-state index in [-0.39, 0.29) is 11.1 Å². The molecular formula is C14H9ClN4O.